The summed E-state index contributed by atoms with van der Waals surface area (Å²) < 4.78 is 0.996. The first-order valence-corrected chi connectivity index (χ1v) is 7.94. The molecule has 4 nitrogen and oxygen atoms in total. The third kappa shape index (κ3) is 3.94. The summed E-state index contributed by atoms with van der Waals surface area (Å²) in [6, 6.07) is 7.68. The number of nitrogens with one attached hydrogen (secondary N) is 1. The molecule has 5 heteroatoms. The zero-order valence-corrected chi connectivity index (χ0v) is 13.7. The molecule has 0 radical (unpaired) electrons. The number of amides is 2. The minimum atomic E-state index is 0.0161. The molecule has 0 aliphatic carbocycles. The van der Waals surface area contributed by atoms with E-state index in [1.165, 1.54) is 6.92 Å². The standard InChI is InChI=1S/C15H19IN2O2/c1-11(19)17-10-12-6-8-18(9-7-12)15(20)13-4-2-3-5-14(13)16/h2-5,12H,6-10H2,1H3,(H,17,19). The van der Waals surface area contributed by atoms with Crippen LogP contribution in [-0.2, 0) is 4.79 Å². The largest absolute Gasteiger partial charge is 0.356 e. The van der Waals surface area contributed by atoms with Crippen LogP contribution in [-0.4, -0.2) is 36.3 Å². The van der Waals surface area contributed by atoms with Gasteiger partial charge in [-0.3, -0.25) is 9.59 Å². The van der Waals surface area contributed by atoms with Crippen molar-refractivity contribution in [1.82, 2.24) is 10.2 Å². The topological polar surface area (TPSA) is 49.4 Å². The van der Waals surface area contributed by atoms with Gasteiger partial charge in [-0.15, -0.1) is 0 Å². The Morgan fingerprint density at radius 1 is 1.30 bits per heavy atom. The molecule has 1 aliphatic rings. The summed E-state index contributed by atoms with van der Waals surface area (Å²) in [4.78, 5) is 25.3. The predicted molar refractivity (Wildman–Crippen MR) is 86.5 cm³/mol. The highest BCUT2D eigenvalue weighted by Crippen LogP contribution is 2.20. The Balaban J connectivity index is 1.89. The second-order valence-corrected chi connectivity index (χ2v) is 6.31. The second-order valence-electron chi connectivity index (χ2n) is 5.15. The van der Waals surface area contributed by atoms with Crippen molar-refractivity contribution >= 4 is 34.4 Å². The molecule has 1 saturated heterocycles. The SMILES string of the molecule is CC(=O)NCC1CCN(C(=O)c2ccccc2I)CC1. The molecule has 2 amide bonds. The first-order chi connectivity index (χ1) is 9.58. The molecule has 1 fully saturated rings. The van der Waals surface area contributed by atoms with Crippen LogP contribution in [0.1, 0.15) is 30.1 Å². The van der Waals surface area contributed by atoms with Crippen LogP contribution in [0.5, 0.6) is 0 Å². The van der Waals surface area contributed by atoms with Crippen LogP contribution in [0.2, 0.25) is 0 Å². The number of hydrogen-bond donors (Lipinski definition) is 1. The number of carbonyl (C=O) groups excluding carboxylic acids is 2. The van der Waals surface area contributed by atoms with Gasteiger partial charge in [-0.05, 0) is 53.5 Å². The molecule has 1 aromatic rings. The van der Waals surface area contributed by atoms with Crippen molar-refractivity contribution in [1.29, 1.82) is 0 Å². The van der Waals surface area contributed by atoms with E-state index in [1.54, 1.807) is 0 Å². The van der Waals surface area contributed by atoms with E-state index in [9.17, 15) is 9.59 Å². The van der Waals surface area contributed by atoms with Gasteiger partial charge in [-0.2, -0.15) is 0 Å². The average molecular weight is 386 g/mol. The summed E-state index contributed by atoms with van der Waals surface area (Å²) in [6.07, 6.45) is 1.91. The predicted octanol–water partition coefficient (Wildman–Crippen LogP) is 2.28. The first kappa shape index (κ1) is 15.3. The number of piperidine rings is 1. The Bertz CT molecular complexity index is 496. The van der Waals surface area contributed by atoms with Crippen LogP contribution in [0.15, 0.2) is 24.3 Å². The van der Waals surface area contributed by atoms with Crippen molar-refractivity contribution < 1.29 is 9.59 Å². The third-order valence-corrected chi connectivity index (χ3v) is 4.59. The lowest BCUT2D eigenvalue weighted by Crippen LogP contribution is -2.41. The third-order valence-electron chi connectivity index (χ3n) is 3.65. The monoisotopic (exact) mass is 386 g/mol. The van der Waals surface area contributed by atoms with Crippen LogP contribution in [0.4, 0.5) is 0 Å². The molecule has 0 spiro atoms. The highest BCUT2D eigenvalue weighted by atomic mass is 127. The number of likely N-dealkylation sites (tertiary alicyclic amines) is 1. The lowest BCUT2D eigenvalue weighted by atomic mass is 9.96. The molecule has 1 N–H and O–H groups in total. The van der Waals surface area contributed by atoms with Gasteiger partial charge in [-0.25, -0.2) is 0 Å². The van der Waals surface area contributed by atoms with E-state index in [4.69, 9.17) is 0 Å². The van der Waals surface area contributed by atoms with E-state index in [0.29, 0.717) is 5.92 Å². The van der Waals surface area contributed by atoms with Crippen molar-refractivity contribution in [3.05, 3.63) is 33.4 Å². The Morgan fingerprint density at radius 2 is 1.95 bits per heavy atom. The molecule has 108 valence electrons. The first-order valence-electron chi connectivity index (χ1n) is 6.86. The highest BCUT2D eigenvalue weighted by Gasteiger charge is 2.24. The van der Waals surface area contributed by atoms with E-state index in [0.717, 1.165) is 41.6 Å². The van der Waals surface area contributed by atoms with E-state index in [1.807, 2.05) is 29.2 Å². The fourth-order valence-corrected chi connectivity index (χ4v) is 3.05. The van der Waals surface area contributed by atoms with Gasteiger partial charge in [-0.1, -0.05) is 12.1 Å². The van der Waals surface area contributed by atoms with Crippen LogP contribution in [0.25, 0.3) is 0 Å². The van der Waals surface area contributed by atoms with Gasteiger partial charge < -0.3 is 10.2 Å². The molecule has 1 aromatic carbocycles. The van der Waals surface area contributed by atoms with E-state index >= 15 is 0 Å². The normalized spacial score (nSPS) is 16.0. The summed E-state index contributed by atoms with van der Waals surface area (Å²) in [7, 11) is 0. The van der Waals surface area contributed by atoms with Gasteiger partial charge in [0, 0.05) is 30.1 Å². The van der Waals surface area contributed by atoms with Crippen LogP contribution < -0.4 is 5.32 Å². The Hall–Kier alpha value is -1.11. The minimum absolute atomic E-state index is 0.0161. The molecule has 0 saturated carbocycles. The molecule has 0 aromatic heterocycles. The van der Waals surface area contributed by atoms with Crippen molar-refractivity contribution in [3.8, 4) is 0 Å². The van der Waals surface area contributed by atoms with E-state index in [2.05, 4.69) is 27.9 Å². The van der Waals surface area contributed by atoms with Gasteiger partial charge in [0.1, 0.15) is 0 Å². The summed E-state index contributed by atoms with van der Waals surface area (Å²) in [6.45, 7) is 3.80. The summed E-state index contributed by atoms with van der Waals surface area (Å²) in [5.74, 6) is 0.619. The maximum atomic E-state index is 12.4. The number of rotatable bonds is 3. The number of halogens is 1. The molecule has 1 aliphatic heterocycles. The maximum absolute atomic E-state index is 12.4. The van der Waals surface area contributed by atoms with Crippen molar-refractivity contribution in [2.75, 3.05) is 19.6 Å². The van der Waals surface area contributed by atoms with Gasteiger partial charge in [0.15, 0.2) is 0 Å². The molecular weight excluding hydrogens is 367 g/mol. The van der Waals surface area contributed by atoms with E-state index in [-0.39, 0.29) is 11.8 Å². The highest BCUT2D eigenvalue weighted by molar-refractivity contribution is 14.1. The van der Waals surface area contributed by atoms with Crippen LogP contribution >= 0.6 is 22.6 Å². The average Bonchev–Trinajstić information content (AvgIpc) is 2.45. The van der Waals surface area contributed by atoms with Gasteiger partial charge in [0.25, 0.3) is 5.91 Å². The van der Waals surface area contributed by atoms with Crippen molar-refractivity contribution in [2.24, 2.45) is 5.92 Å². The fraction of sp³-hybridized carbons (Fsp3) is 0.467. The summed E-state index contributed by atoms with van der Waals surface area (Å²) >= 11 is 2.20. The lowest BCUT2D eigenvalue weighted by molar-refractivity contribution is -0.119. The molecule has 1 heterocycles. The molecule has 0 unspecified atom stereocenters. The molecule has 0 atom stereocenters. The number of nitrogens with zero attached hydrogens (tertiary/aromatic N) is 1. The number of carbonyl (C=O) groups is 2. The molecule has 20 heavy (non-hydrogen) atoms. The Kier molecular flexibility index (Phi) is 5.39. The van der Waals surface area contributed by atoms with Crippen molar-refractivity contribution in [3.63, 3.8) is 0 Å². The molecule has 2 rings (SSSR count). The quantitative estimate of drug-likeness (QED) is 0.811. The van der Waals surface area contributed by atoms with Gasteiger partial charge in [0.05, 0.1) is 5.56 Å². The minimum Gasteiger partial charge on any atom is -0.356 e. The van der Waals surface area contributed by atoms with Gasteiger partial charge in [0.2, 0.25) is 5.91 Å². The Labute approximate surface area is 133 Å². The number of benzene rings is 1. The van der Waals surface area contributed by atoms with Crippen LogP contribution in [0.3, 0.4) is 0 Å². The Morgan fingerprint density at radius 3 is 2.55 bits per heavy atom. The fourth-order valence-electron chi connectivity index (χ4n) is 2.43. The smallest absolute Gasteiger partial charge is 0.254 e. The number of hydrogen-bond acceptors (Lipinski definition) is 2. The summed E-state index contributed by atoms with van der Waals surface area (Å²) in [5, 5.41) is 2.86. The zero-order valence-electron chi connectivity index (χ0n) is 11.6. The maximum Gasteiger partial charge on any atom is 0.254 e. The van der Waals surface area contributed by atoms with E-state index < -0.39 is 0 Å². The molecule has 0 bridgehead atoms. The zero-order chi connectivity index (χ0) is 14.5. The van der Waals surface area contributed by atoms with Crippen LogP contribution in [0, 0.1) is 9.49 Å². The summed E-state index contributed by atoms with van der Waals surface area (Å²) in [5.41, 5.74) is 0.786. The molecular formula is C15H19IN2O2. The van der Waals surface area contributed by atoms with Crippen molar-refractivity contribution in [2.45, 2.75) is 19.8 Å². The second kappa shape index (κ2) is 7.06. The van der Waals surface area contributed by atoms with Gasteiger partial charge >= 0.3 is 0 Å². The lowest BCUT2D eigenvalue weighted by Gasteiger charge is -2.32.